The van der Waals surface area contributed by atoms with Crippen molar-refractivity contribution >= 4 is 5.78 Å². The minimum absolute atomic E-state index is 0.0652. The molecule has 0 aromatic carbocycles. The van der Waals surface area contributed by atoms with Gasteiger partial charge in [0.2, 0.25) is 5.88 Å². The van der Waals surface area contributed by atoms with Gasteiger partial charge in [-0.25, -0.2) is 4.98 Å². The van der Waals surface area contributed by atoms with E-state index in [0.29, 0.717) is 17.2 Å². The third kappa shape index (κ3) is 3.37. The molecule has 0 saturated carbocycles. The Kier molecular flexibility index (Phi) is 3.60. The number of nitrogens with zero attached hydrogens (tertiary/aromatic N) is 2. The van der Waals surface area contributed by atoms with Crippen LogP contribution in [0.3, 0.4) is 0 Å². The molecule has 19 heavy (non-hydrogen) atoms. The highest BCUT2D eigenvalue weighted by Gasteiger charge is 2.23. The van der Waals surface area contributed by atoms with Crippen molar-refractivity contribution in [1.82, 2.24) is 9.97 Å². The Morgan fingerprint density at radius 1 is 1.11 bits per heavy atom. The molecule has 0 N–H and O–H groups in total. The van der Waals surface area contributed by atoms with Crippen LogP contribution >= 0.6 is 0 Å². The predicted molar refractivity (Wildman–Crippen MR) is 72.3 cm³/mol. The summed E-state index contributed by atoms with van der Waals surface area (Å²) in [6.45, 7) is 5.66. The highest BCUT2D eigenvalue weighted by molar-refractivity contribution is 5.99. The first kappa shape index (κ1) is 13.2. The number of rotatable bonds is 3. The summed E-state index contributed by atoms with van der Waals surface area (Å²) in [5, 5.41) is 0. The van der Waals surface area contributed by atoms with Gasteiger partial charge >= 0.3 is 0 Å². The van der Waals surface area contributed by atoms with E-state index >= 15 is 0 Å². The summed E-state index contributed by atoms with van der Waals surface area (Å²) in [4.78, 5) is 20.1. The maximum Gasteiger partial charge on any atom is 0.219 e. The SMILES string of the molecule is CC(C)(C)C(=O)c1ccc(Oc2ccncc2)nc1. The molecule has 0 aliphatic rings. The molecular weight excluding hydrogens is 240 g/mol. The van der Waals surface area contributed by atoms with E-state index in [1.54, 1.807) is 42.9 Å². The second-order valence-electron chi connectivity index (χ2n) is 5.25. The molecular formula is C15H16N2O2. The molecule has 2 rings (SSSR count). The largest absolute Gasteiger partial charge is 0.439 e. The van der Waals surface area contributed by atoms with Gasteiger partial charge in [-0.2, -0.15) is 0 Å². The van der Waals surface area contributed by atoms with E-state index in [9.17, 15) is 4.79 Å². The first-order valence-electron chi connectivity index (χ1n) is 6.05. The second-order valence-corrected chi connectivity index (χ2v) is 5.25. The van der Waals surface area contributed by atoms with Crippen LogP contribution < -0.4 is 4.74 Å². The third-order valence-corrected chi connectivity index (χ3v) is 2.55. The molecule has 0 saturated heterocycles. The average Bonchev–Trinajstić information content (AvgIpc) is 2.39. The highest BCUT2D eigenvalue weighted by Crippen LogP contribution is 2.22. The van der Waals surface area contributed by atoms with Gasteiger partial charge in [-0.15, -0.1) is 0 Å². The molecule has 0 aliphatic heterocycles. The number of hydrogen-bond donors (Lipinski definition) is 0. The fourth-order valence-corrected chi connectivity index (χ4v) is 1.54. The van der Waals surface area contributed by atoms with Crippen LogP contribution in [0.2, 0.25) is 0 Å². The molecule has 4 nitrogen and oxygen atoms in total. The van der Waals surface area contributed by atoms with E-state index in [1.807, 2.05) is 20.8 Å². The Balaban J connectivity index is 2.13. The molecule has 2 aromatic rings. The molecule has 0 spiro atoms. The van der Waals surface area contributed by atoms with E-state index in [0.717, 1.165) is 0 Å². The van der Waals surface area contributed by atoms with Crippen molar-refractivity contribution in [2.45, 2.75) is 20.8 Å². The number of hydrogen-bond acceptors (Lipinski definition) is 4. The van der Waals surface area contributed by atoms with Crippen LogP contribution in [0.4, 0.5) is 0 Å². The van der Waals surface area contributed by atoms with E-state index in [1.165, 1.54) is 0 Å². The van der Waals surface area contributed by atoms with Gasteiger partial charge in [-0.3, -0.25) is 9.78 Å². The predicted octanol–water partition coefficient (Wildman–Crippen LogP) is 3.50. The lowest BCUT2D eigenvalue weighted by Gasteiger charge is -2.16. The molecule has 0 bridgehead atoms. The van der Waals surface area contributed by atoms with Crippen molar-refractivity contribution in [2.24, 2.45) is 5.41 Å². The minimum atomic E-state index is -0.408. The number of ether oxygens (including phenoxy) is 1. The summed E-state index contributed by atoms with van der Waals surface area (Å²) in [5.74, 6) is 1.18. The molecule has 2 heterocycles. The molecule has 2 aromatic heterocycles. The number of Topliss-reactive ketones (excluding diaryl/α,β-unsaturated/α-hetero) is 1. The Hall–Kier alpha value is -2.23. The zero-order valence-electron chi connectivity index (χ0n) is 11.3. The van der Waals surface area contributed by atoms with Gasteiger partial charge in [0.1, 0.15) is 5.75 Å². The van der Waals surface area contributed by atoms with Crippen LogP contribution in [0.1, 0.15) is 31.1 Å². The molecule has 0 atom stereocenters. The van der Waals surface area contributed by atoms with Crippen LogP contribution in [-0.2, 0) is 0 Å². The summed E-state index contributed by atoms with van der Waals surface area (Å²) in [6.07, 6.45) is 4.84. The number of carbonyl (C=O) groups is 1. The fraction of sp³-hybridized carbons (Fsp3) is 0.267. The Morgan fingerprint density at radius 3 is 2.32 bits per heavy atom. The van der Waals surface area contributed by atoms with Crippen LogP contribution in [-0.4, -0.2) is 15.8 Å². The average molecular weight is 256 g/mol. The van der Waals surface area contributed by atoms with Gasteiger partial charge in [0.15, 0.2) is 5.78 Å². The van der Waals surface area contributed by atoms with E-state index < -0.39 is 5.41 Å². The quantitative estimate of drug-likeness (QED) is 0.789. The third-order valence-electron chi connectivity index (χ3n) is 2.55. The zero-order chi connectivity index (χ0) is 13.9. The minimum Gasteiger partial charge on any atom is -0.439 e. The van der Waals surface area contributed by atoms with Gasteiger partial charge in [0, 0.05) is 35.6 Å². The van der Waals surface area contributed by atoms with Crippen molar-refractivity contribution in [1.29, 1.82) is 0 Å². The first-order valence-corrected chi connectivity index (χ1v) is 6.05. The molecule has 4 heteroatoms. The van der Waals surface area contributed by atoms with Crippen LogP contribution in [0, 0.1) is 5.41 Å². The summed E-state index contributed by atoms with van der Waals surface area (Å²) in [5.41, 5.74) is 0.185. The van der Waals surface area contributed by atoms with E-state index in [-0.39, 0.29) is 5.78 Å². The van der Waals surface area contributed by atoms with Crippen molar-refractivity contribution in [2.75, 3.05) is 0 Å². The molecule has 98 valence electrons. The summed E-state index contributed by atoms with van der Waals surface area (Å²) >= 11 is 0. The lowest BCUT2D eigenvalue weighted by atomic mass is 9.87. The van der Waals surface area contributed by atoms with Crippen molar-refractivity contribution in [3.05, 3.63) is 48.4 Å². The van der Waals surface area contributed by atoms with Crippen molar-refractivity contribution in [3.63, 3.8) is 0 Å². The normalized spacial score (nSPS) is 11.1. The maximum absolute atomic E-state index is 12.0. The summed E-state index contributed by atoms with van der Waals surface area (Å²) in [7, 11) is 0. The topological polar surface area (TPSA) is 52.1 Å². The van der Waals surface area contributed by atoms with E-state index in [4.69, 9.17) is 4.74 Å². The van der Waals surface area contributed by atoms with E-state index in [2.05, 4.69) is 9.97 Å². The van der Waals surface area contributed by atoms with Gasteiger partial charge in [-0.05, 0) is 18.2 Å². The Bertz CT molecular complexity index is 557. The zero-order valence-corrected chi connectivity index (χ0v) is 11.3. The Labute approximate surface area is 112 Å². The number of aromatic nitrogens is 2. The molecule has 0 radical (unpaired) electrons. The Morgan fingerprint density at radius 2 is 1.79 bits per heavy atom. The summed E-state index contributed by atoms with van der Waals surface area (Å²) in [6, 6.07) is 6.92. The standard InChI is InChI=1S/C15H16N2O2/c1-15(2,3)14(18)11-4-5-13(17-10-11)19-12-6-8-16-9-7-12/h4-10H,1-3H3. The highest BCUT2D eigenvalue weighted by atomic mass is 16.5. The number of carbonyl (C=O) groups excluding carboxylic acids is 1. The first-order chi connectivity index (χ1) is 8.97. The monoisotopic (exact) mass is 256 g/mol. The second kappa shape index (κ2) is 5.18. The van der Waals surface area contributed by atoms with Crippen LogP contribution in [0.15, 0.2) is 42.9 Å². The smallest absolute Gasteiger partial charge is 0.219 e. The number of pyridine rings is 2. The van der Waals surface area contributed by atoms with Gasteiger partial charge in [0.05, 0.1) is 0 Å². The van der Waals surface area contributed by atoms with Gasteiger partial charge < -0.3 is 4.74 Å². The molecule has 0 fully saturated rings. The molecule has 0 unspecified atom stereocenters. The summed E-state index contributed by atoms with van der Waals surface area (Å²) < 4.78 is 5.54. The molecule has 0 aliphatic carbocycles. The molecule has 0 amide bonds. The van der Waals surface area contributed by atoms with Gasteiger partial charge in [-0.1, -0.05) is 20.8 Å². The van der Waals surface area contributed by atoms with Gasteiger partial charge in [0.25, 0.3) is 0 Å². The van der Waals surface area contributed by atoms with Crippen molar-refractivity contribution in [3.8, 4) is 11.6 Å². The lowest BCUT2D eigenvalue weighted by molar-refractivity contribution is 0.0858. The van der Waals surface area contributed by atoms with Crippen LogP contribution in [0.5, 0.6) is 11.6 Å². The number of ketones is 1. The maximum atomic E-state index is 12.0. The van der Waals surface area contributed by atoms with Crippen LogP contribution in [0.25, 0.3) is 0 Å². The lowest BCUT2D eigenvalue weighted by Crippen LogP contribution is -2.20. The van der Waals surface area contributed by atoms with Crippen molar-refractivity contribution < 1.29 is 9.53 Å². The fourth-order valence-electron chi connectivity index (χ4n) is 1.54.